The van der Waals surface area contributed by atoms with Gasteiger partial charge >= 0.3 is 0 Å². The molecule has 0 saturated carbocycles. The molecule has 1 saturated heterocycles. The Balaban J connectivity index is 1.37. The minimum atomic E-state index is -0.510. The average molecular weight is 497 g/mol. The molecule has 1 N–H and O–H groups in total. The highest BCUT2D eigenvalue weighted by Crippen LogP contribution is 2.27. The first-order valence-corrected chi connectivity index (χ1v) is 12.3. The van der Waals surface area contributed by atoms with Crippen LogP contribution < -0.4 is 15.0 Å². The predicted octanol–water partition coefficient (Wildman–Crippen LogP) is 4.92. The molecule has 10 heteroatoms. The first-order chi connectivity index (χ1) is 16.5. The van der Waals surface area contributed by atoms with Gasteiger partial charge in [-0.2, -0.15) is 5.26 Å². The van der Waals surface area contributed by atoms with Crippen molar-refractivity contribution in [2.24, 2.45) is 0 Å². The van der Waals surface area contributed by atoms with Crippen LogP contribution in [-0.4, -0.2) is 40.4 Å². The van der Waals surface area contributed by atoms with Crippen LogP contribution in [0.2, 0.25) is 5.02 Å². The van der Waals surface area contributed by atoms with Crippen molar-refractivity contribution in [2.45, 2.75) is 32.7 Å². The summed E-state index contributed by atoms with van der Waals surface area (Å²) in [5.74, 6) is 0.230. The molecule has 0 aliphatic carbocycles. The van der Waals surface area contributed by atoms with E-state index in [-0.39, 0.29) is 5.57 Å². The highest BCUT2D eigenvalue weighted by Gasteiger charge is 2.18. The summed E-state index contributed by atoms with van der Waals surface area (Å²) in [6.45, 7) is 4.80. The third-order valence-electron chi connectivity index (χ3n) is 5.51. The lowest BCUT2D eigenvalue weighted by Gasteiger charge is -2.25. The molecule has 0 spiro atoms. The van der Waals surface area contributed by atoms with E-state index in [9.17, 15) is 10.1 Å². The molecule has 1 aliphatic rings. The summed E-state index contributed by atoms with van der Waals surface area (Å²) >= 11 is 7.38. The Labute approximate surface area is 207 Å². The number of aromatic nitrogens is 3. The lowest BCUT2D eigenvalue weighted by atomic mass is 10.1. The number of piperidine rings is 1. The Morgan fingerprint density at radius 3 is 2.88 bits per heavy atom. The Morgan fingerprint density at radius 1 is 1.29 bits per heavy atom. The number of ether oxygens (including phenoxy) is 1. The number of nitrogens with one attached hydrogen (secondary N) is 1. The average Bonchev–Trinajstić information content (AvgIpc) is 3.50. The standard InChI is InChI=1S/C24H25ClN6O2S/c1-17-14-20(7-8-21(17)25)33-13-12-30-11-5-6-19(30)15-18(16-26)22(32)27-23-28-29-24(34-23)31-9-3-2-4-10-31/h5-8,11,14-15H,2-4,9-10,12-13H2,1H3,(H,27,28,32)/b18-15-. The normalized spacial score (nSPS) is 14.0. The van der Waals surface area contributed by atoms with Crippen molar-refractivity contribution in [2.75, 3.05) is 29.9 Å². The second-order valence-corrected chi connectivity index (χ2v) is 9.31. The van der Waals surface area contributed by atoms with Crippen molar-refractivity contribution in [3.63, 3.8) is 0 Å². The highest BCUT2D eigenvalue weighted by atomic mass is 35.5. The molecule has 4 rings (SSSR count). The molecule has 34 heavy (non-hydrogen) atoms. The number of nitriles is 1. The van der Waals surface area contributed by atoms with Gasteiger partial charge < -0.3 is 14.2 Å². The number of amides is 1. The van der Waals surface area contributed by atoms with E-state index < -0.39 is 5.91 Å². The van der Waals surface area contributed by atoms with Crippen molar-refractivity contribution < 1.29 is 9.53 Å². The van der Waals surface area contributed by atoms with Gasteiger partial charge in [0.05, 0.1) is 6.54 Å². The fourth-order valence-corrected chi connectivity index (χ4v) is 4.58. The van der Waals surface area contributed by atoms with Crippen LogP contribution in [0, 0.1) is 18.3 Å². The van der Waals surface area contributed by atoms with Gasteiger partial charge in [-0.3, -0.25) is 10.1 Å². The van der Waals surface area contributed by atoms with E-state index in [1.165, 1.54) is 17.8 Å². The maximum Gasteiger partial charge on any atom is 0.268 e. The molecule has 0 radical (unpaired) electrons. The summed E-state index contributed by atoms with van der Waals surface area (Å²) in [5.41, 5.74) is 1.67. The zero-order chi connectivity index (χ0) is 23.9. The summed E-state index contributed by atoms with van der Waals surface area (Å²) in [6, 6.07) is 11.2. The summed E-state index contributed by atoms with van der Waals surface area (Å²) in [5, 5.41) is 22.4. The molecule has 3 aromatic rings. The predicted molar refractivity (Wildman–Crippen MR) is 134 cm³/mol. The largest absolute Gasteiger partial charge is 0.492 e. The summed E-state index contributed by atoms with van der Waals surface area (Å²) in [7, 11) is 0. The van der Waals surface area contributed by atoms with E-state index in [1.54, 1.807) is 12.1 Å². The van der Waals surface area contributed by atoms with E-state index in [2.05, 4.69) is 20.4 Å². The van der Waals surface area contributed by atoms with Crippen LogP contribution in [0.3, 0.4) is 0 Å². The first kappa shape index (κ1) is 23.8. The van der Waals surface area contributed by atoms with Crippen LogP contribution in [0.15, 0.2) is 42.1 Å². The fourth-order valence-electron chi connectivity index (χ4n) is 3.67. The Kier molecular flexibility index (Phi) is 7.83. The number of nitrogens with zero attached hydrogens (tertiary/aromatic N) is 5. The number of rotatable bonds is 8. The number of carbonyl (C=O) groups is 1. The molecular weight excluding hydrogens is 472 g/mol. The van der Waals surface area contributed by atoms with Crippen LogP contribution in [0.1, 0.15) is 30.5 Å². The monoisotopic (exact) mass is 496 g/mol. The van der Waals surface area contributed by atoms with Gasteiger partial charge in [-0.1, -0.05) is 22.9 Å². The van der Waals surface area contributed by atoms with Gasteiger partial charge in [0, 0.05) is 30.0 Å². The third-order valence-corrected chi connectivity index (χ3v) is 6.84. The van der Waals surface area contributed by atoms with Crippen molar-refractivity contribution in [3.8, 4) is 11.8 Å². The molecule has 1 fully saturated rings. The zero-order valence-electron chi connectivity index (χ0n) is 18.8. The van der Waals surface area contributed by atoms with Gasteiger partial charge in [-0.25, -0.2) is 0 Å². The quantitative estimate of drug-likeness (QED) is 0.351. The van der Waals surface area contributed by atoms with Crippen LogP contribution in [0.4, 0.5) is 10.3 Å². The SMILES string of the molecule is Cc1cc(OCCn2cccc2/C=C(/C#N)C(=O)Nc2nnc(N3CCCCC3)s2)ccc1Cl. The minimum absolute atomic E-state index is 0.0103. The molecular formula is C24H25ClN6O2S. The van der Waals surface area contributed by atoms with Crippen molar-refractivity contribution in [3.05, 3.63) is 58.4 Å². The number of aryl methyl sites for hydroxylation is 1. The second-order valence-electron chi connectivity index (χ2n) is 7.95. The van der Waals surface area contributed by atoms with Gasteiger partial charge in [-0.15, -0.1) is 10.2 Å². The van der Waals surface area contributed by atoms with Gasteiger partial charge in [0.2, 0.25) is 10.3 Å². The molecule has 8 nitrogen and oxygen atoms in total. The number of halogens is 1. The van der Waals surface area contributed by atoms with Crippen LogP contribution >= 0.6 is 22.9 Å². The lowest BCUT2D eigenvalue weighted by Crippen LogP contribution is -2.29. The number of hydrogen-bond donors (Lipinski definition) is 1. The topological polar surface area (TPSA) is 96.1 Å². The molecule has 0 atom stereocenters. The molecule has 2 aromatic heterocycles. The molecule has 0 bridgehead atoms. The van der Waals surface area contributed by atoms with Crippen LogP contribution in [-0.2, 0) is 11.3 Å². The summed E-state index contributed by atoms with van der Waals surface area (Å²) in [6.07, 6.45) is 6.93. The van der Waals surface area contributed by atoms with E-state index in [1.807, 2.05) is 48.0 Å². The van der Waals surface area contributed by atoms with E-state index >= 15 is 0 Å². The highest BCUT2D eigenvalue weighted by molar-refractivity contribution is 7.19. The summed E-state index contributed by atoms with van der Waals surface area (Å²) in [4.78, 5) is 14.9. The number of anilines is 2. The van der Waals surface area contributed by atoms with E-state index in [0.29, 0.717) is 23.3 Å². The third kappa shape index (κ3) is 5.95. The maximum absolute atomic E-state index is 12.7. The van der Waals surface area contributed by atoms with Gasteiger partial charge in [0.25, 0.3) is 5.91 Å². The zero-order valence-corrected chi connectivity index (χ0v) is 20.4. The van der Waals surface area contributed by atoms with Crippen molar-refractivity contribution in [1.29, 1.82) is 5.26 Å². The lowest BCUT2D eigenvalue weighted by molar-refractivity contribution is -0.112. The molecule has 1 aliphatic heterocycles. The molecule has 3 heterocycles. The fraction of sp³-hybridized carbons (Fsp3) is 0.333. The molecule has 176 valence electrons. The second kappa shape index (κ2) is 11.2. The summed E-state index contributed by atoms with van der Waals surface area (Å²) < 4.78 is 7.74. The van der Waals surface area contributed by atoms with Gasteiger partial charge in [0.15, 0.2) is 0 Å². The molecule has 0 unspecified atom stereocenters. The number of carbonyl (C=O) groups excluding carboxylic acids is 1. The van der Waals surface area contributed by atoms with Gasteiger partial charge in [-0.05, 0) is 68.2 Å². The Hall–Kier alpha value is -3.35. The minimum Gasteiger partial charge on any atom is -0.492 e. The Bertz CT molecular complexity index is 1220. The Morgan fingerprint density at radius 2 is 2.12 bits per heavy atom. The molecule has 1 aromatic carbocycles. The van der Waals surface area contributed by atoms with Crippen molar-refractivity contribution >= 4 is 45.2 Å². The smallest absolute Gasteiger partial charge is 0.268 e. The van der Waals surface area contributed by atoms with E-state index in [4.69, 9.17) is 16.3 Å². The maximum atomic E-state index is 12.7. The van der Waals surface area contributed by atoms with Gasteiger partial charge in [0.1, 0.15) is 24.0 Å². The van der Waals surface area contributed by atoms with Crippen molar-refractivity contribution in [1.82, 2.24) is 14.8 Å². The first-order valence-electron chi connectivity index (χ1n) is 11.1. The molecule has 1 amide bonds. The van der Waals surface area contributed by atoms with Crippen LogP contribution in [0.25, 0.3) is 6.08 Å². The van der Waals surface area contributed by atoms with E-state index in [0.717, 1.165) is 48.1 Å². The van der Waals surface area contributed by atoms with Crippen LogP contribution in [0.5, 0.6) is 5.75 Å². The number of hydrogen-bond acceptors (Lipinski definition) is 7. The number of benzene rings is 1.